The van der Waals surface area contributed by atoms with Gasteiger partial charge in [-0.05, 0) is 44.8 Å². The van der Waals surface area contributed by atoms with Crippen LogP contribution in [0.1, 0.15) is 18.1 Å². The SMILES string of the molecule is CC(=O)N[C@H](Cc1ccccc1F)C(=O)N[C@H](Cc1c2ccccc2cc2ccccc12)C(N)=O. The molecule has 4 aromatic carbocycles. The molecular formula is C28H26FN3O3. The molecule has 4 aromatic rings. The van der Waals surface area contributed by atoms with Gasteiger partial charge in [-0.15, -0.1) is 0 Å². The van der Waals surface area contributed by atoms with E-state index in [4.69, 9.17) is 5.73 Å². The van der Waals surface area contributed by atoms with Crippen LogP contribution in [-0.2, 0) is 27.2 Å². The van der Waals surface area contributed by atoms with E-state index in [0.717, 1.165) is 27.1 Å². The van der Waals surface area contributed by atoms with Gasteiger partial charge in [-0.1, -0.05) is 66.7 Å². The van der Waals surface area contributed by atoms with E-state index < -0.39 is 35.6 Å². The molecule has 0 aliphatic heterocycles. The highest BCUT2D eigenvalue weighted by Gasteiger charge is 2.27. The maximum atomic E-state index is 14.2. The maximum Gasteiger partial charge on any atom is 0.243 e. The van der Waals surface area contributed by atoms with Crippen LogP contribution in [0.25, 0.3) is 21.5 Å². The molecule has 178 valence electrons. The summed E-state index contributed by atoms with van der Waals surface area (Å²) in [6.07, 6.45) is 0.0934. The predicted octanol–water partition coefficient (Wildman–Crippen LogP) is 3.39. The third-order valence-electron chi connectivity index (χ3n) is 6.03. The molecule has 0 fully saturated rings. The van der Waals surface area contributed by atoms with E-state index in [-0.39, 0.29) is 18.4 Å². The van der Waals surface area contributed by atoms with E-state index in [1.54, 1.807) is 18.2 Å². The van der Waals surface area contributed by atoms with Crippen molar-refractivity contribution in [3.63, 3.8) is 0 Å². The number of hydrogen-bond donors (Lipinski definition) is 3. The summed E-state index contributed by atoms with van der Waals surface area (Å²) in [6.45, 7) is 1.27. The minimum atomic E-state index is -1.07. The van der Waals surface area contributed by atoms with E-state index in [0.29, 0.717) is 0 Å². The second kappa shape index (κ2) is 10.3. The van der Waals surface area contributed by atoms with Crippen LogP contribution in [0.2, 0.25) is 0 Å². The van der Waals surface area contributed by atoms with Gasteiger partial charge in [0.15, 0.2) is 0 Å². The Morgan fingerprint density at radius 3 is 1.94 bits per heavy atom. The number of primary amides is 1. The molecule has 2 atom stereocenters. The molecular weight excluding hydrogens is 445 g/mol. The first-order chi connectivity index (χ1) is 16.8. The normalized spacial score (nSPS) is 12.7. The molecule has 0 aromatic heterocycles. The Bertz CT molecular complexity index is 1370. The number of carbonyl (C=O) groups is 3. The number of hydrogen-bond acceptors (Lipinski definition) is 3. The van der Waals surface area contributed by atoms with E-state index in [2.05, 4.69) is 16.7 Å². The minimum absolute atomic E-state index is 0.0687. The molecule has 7 heteroatoms. The smallest absolute Gasteiger partial charge is 0.243 e. The quantitative estimate of drug-likeness (QED) is 0.343. The van der Waals surface area contributed by atoms with Crippen molar-refractivity contribution in [2.45, 2.75) is 31.8 Å². The number of halogens is 1. The third-order valence-corrected chi connectivity index (χ3v) is 6.03. The minimum Gasteiger partial charge on any atom is -0.368 e. The lowest BCUT2D eigenvalue weighted by Crippen LogP contribution is -2.54. The van der Waals surface area contributed by atoms with E-state index in [1.807, 2.05) is 48.5 Å². The van der Waals surface area contributed by atoms with Gasteiger partial charge in [0.1, 0.15) is 17.9 Å². The molecule has 4 rings (SSSR count). The van der Waals surface area contributed by atoms with Crippen LogP contribution in [0.15, 0.2) is 78.9 Å². The van der Waals surface area contributed by atoms with Crippen molar-refractivity contribution >= 4 is 39.3 Å². The molecule has 0 saturated carbocycles. The second-order valence-electron chi connectivity index (χ2n) is 8.51. The van der Waals surface area contributed by atoms with Gasteiger partial charge in [0.25, 0.3) is 0 Å². The zero-order valence-electron chi connectivity index (χ0n) is 19.3. The van der Waals surface area contributed by atoms with Gasteiger partial charge in [-0.25, -0.2) is 4.39 Å². The molecule has 35 heavy (non-hydrogen) atoms. The molecule has 0 heterocycles. The monoisotopic (exact) mass is 471 g/mol. The topological polar surface area (TPSA) is 101 Å². The summed E-state index contributed by atoms with van der Waals surface area (Å²) in [7, 11) is 0. The Morgan fingerprint density at radius 2 is 1.37 bits per heavy atom. The van der Waals surface area contributed by atoms with Gasteiger partial charge in [0.05, 0.1) is 0 Å². The van der Waals surface area contributed by atoms with Crippen molar-refractivity contribution in [3.8, 4) is 0 Å². The van der Waals surface area contributed by atoms with Crippen molar-refractivity contribution < 1.29 is 18.8 Å². The number of benzene rings is 4. The Morgan fingerprint density at radius 1 is 0.800 bits per heavy atom. The fourth-order valence-electron chi connectivity index (χ4n) is 4.37. The Balaban J connectivity index is 1.65. The van der Waals surface area contributed by atoms with Crippen LogP contribution < -0.4 is 16.4 Å². The molecule has 0 bridgehead atoms. The van der Waals surface area contributed by atoms with Gasteiger partial charge in [-0.3, -0.25) is 14.4 Å². The van der Waals surface area contributed by atoms with Gasteiger partial charge in [0, 0.05) is 19.8 Å². The van der Waals surface area contributed by atoms with Crippen LogP contribution >= 0.6 is 0 Å². The van der Waals surface area contributed by atoms with E-state index >= 15 is 0 Å². The van der Waals surface area contributed by atoms with Crippen molar-refractivity contribution in [1.82, 2.24) is 10.6 Å². The predicted molar refractivity (Wildman–Crippen MR) is 134 cm³/mol. The lowest BCUT2D eigenvalue weighted by molar-refractivity contribution is -0.130. The summed E-state index contributed by atoms with van der Waals surface area (Å²) >= 11 is 0. The maximum absolute atomic E-state index is 14.2. The fraction of sp³-hybridized carbons (Fsp3) is 0.179. The molecule has 6 nitrogen and oxygen atoms in total. The first-order valence-corrected chi connectivity index (χ1v) is 11.3. The summed E-state index contributed by atoms with van der Waals surface area (Å²) in [5.74, 6) is -2.25. The number of carbonyl (C=O) groups excluding carboxylic acids is 3. The van der Waals surface area contributed by atoms with Crippen LogP contribution in [-0.4, -0.2) is 29.8 Å². The summed E-state index contributed by atoms with van der Waals surface area (Å²) < 4.78 is 14.2. The lowest BCUT2D eigenvalue weighted by Gasteiger charge is -2.23. The Labute approximate surface area is 202 Å². The zero-order valence-corrected chi connectivity index (χ0v) is 19.3. The van der Waals surface area contributed by atoms with Crippen LogP contribution in [0.3, 0.4) is 0 Å². The highest BCUT2D eigenvalue weighted by Crippen LogP contribution is 2.29. The number of nitrogens with two attached hydrogens (primary N) is 1. The molecule has 3 amide bonds. The molecule has 0 unspecified atom stereocenters. The highest BCUT2D eigenvalue weighted by atomic mass is 19.1. The first kappa shape index (κ1) is 23.9. The Hall–Kier alpha value is -4.26. The first-order valence-electron chi connectivity index (χ1n) is 11.3. The van der Waals surface area contributed by atoms with Crippen molar-refractivity contribution in [2.75, 3.05) is 0 Å². The number of amides is 3. The number of rotatable bonds is 8. The summed E-state index contributed by atoms with van der Waals surface area (Å²) in [5, 5.41) is 9.16. The number of fused-ring (bicyclic) bond motifs is 2. The van der Waals surface area contributed by atoms with Gasteiger partial charge in [-0.2, -0.15) is 0 Å². The fourth-order valence-corrected chi connectivity index (χ4v) is 4.37. The second-order valence-corrected chi connectivity index (χ2v) is 8.51. The highest BCUT2D eigenvalue weighted by molar-refractivity contribution is 6.03. The molecule has 0 aliphatic carbocycles. The number of nitrogens with one attached hydrogen (secondary N) is 2. The van der Waals surface area contributed by atoms with Crippen LogP contribution in [0.5, 0.6) is 0 Å². The lowest BCUT2D eigenvalue weighted by atomic mass is 9.92. The van der Waals surface area contributed by atoms with Crippen molar-refractivity contribution in [3.05, 3.63) is 95.8 Å². The van der Waals surface area contributed by atoms with E-state index in [9.17, 15) is 18.8 Å². The van der Waals surface area contributed by atoms with Gasteiger partial charge in [0.2, 0.25) is 17.7 Å². The van der Waals surface area contributed by atoms with Crippen molar-refractivity contribution in [1.29, 1.82) is 0 Å². The summed E-state index contributed by atoms with van der Waals surface area (Å²) in [4.78, 5) is 37.4. The molecule has 4 N–H and O–H groups in total. The molecule has 0 radical (unpaired) electrons. The summed E-state index contributed by atoms with van der Waals surface area (Å²) in [5.41, 5.74) is 6.86. The van der Waals surface area contributed by atoms with Crippen LogP contribution in [0.4, 0.5) is 4.39 Å². The van der Waals surface area contributed by atoms with Gasteiger partial charge >= 0.3 is 0 Å². The standard InChI is InChI=1S/C28H26FN3O3/c1-17(33)31-26(15-20-10-4-7-13-24(20)29)28(35)32-25(27(30)34)16-23-21-11-5-2-8-18(21)14-19-9-3-6-12-22(19)23/h2-14,25-26H,15-16H2,1H3,(H2,30,34)(H,31,33)(H,32,35)/t25-,26-/m1/s1. The molecule has 0 saturated heterocycles. The van der Waals surface area contributed by atoms with E-state index in [1.165, 1.54) is 13.0 Å². The largest absolute Gasteiger partial charge is 0.368 e. The van der Waals surface area contributed by atoms with Crippen molar-refractivity contribution in [2.24, 2.45) is 5.73 Å². The van der Waals surface area contributed by atoms with Crippen LogP contribution in [0, 0.1) is 5.82 Å². The average Bonchev–Trinajstić information content (AvgIpc) is 2.83. The average molecular weight is 472 g/mol. The van der Waals surface area contributed by atoms with Gasteiger partial charge < -0.3 is 16.4 Å². The Kier molecular flexibility index (Phi) is 7.06. The summed E-state index contributed by atoms with van der Waals surface area (Å²) in [6, 6.07) is 21.6. The zero-order chi connectivity index (χ0) is 24.9. The third kappa shape index (κ3) is 5.46. The molecule has 0 aliphatic rings. The molecule has 0 spiro atoms.